The summed E-state index contributed by atoms with van der Waals surface area (Å²) in [5, 5.41) is 3.64. The fraction of sp³-hybridized carbons (Fsp3) is 0.938. The van der Waals surface area contributed by atoms with Gasteiger partial charge in [-0.2, -0.15) is 0 Å². The summed E-state index contributed by atoms with van der Waals surface area (Å²) in [5.74, 6) is 0.586. The molecule has 2 atom stereocenters. The van der Waals surface area contributed by atoms with Crippen molar-refractivity contribution in [3.8, 4) is 0 Å². The second-order valence-corrected chi connectivity index (χ2v) is 6.86. The van der Waals surface area contributed by atoms with Gasteiger partial charge in [0.2, 0.25) is 0 Å². The van der Waals surface area contributed by atoms with Crippen molar-refractivity contribution in [3.63, 3.8) is 0 Å². The zero-order valence-electron chi connectivity index (χ0n) is 13.6. The lowest BCUT2D eigenvalue weighted by molar-refractivity contribution is -0.122. The van der Waals surface area contributed by atoms with E-state index in [4.69, 9.17) is 0 Å². The predicted octanol–water partition coefficient (Wildman–Crippen LogP) is 2.84. The first-order valence-electron chi connectivity index (χ1n) is 7.85. The number of nitrogens with zero attached hydrogens (tertiary/aromatic N) is 1. The smallest absolute Gasteiger partial charge is 0.135 e. The number of likely N-dealkylation sites (tertiary alicyclic amines) is 1. The molecule has 0 saturated carbocycles. The molecule has 1 aliphatic rings. The molecular weight excluding hydrogens is 236 g/mol. The second kappa shape index (κ2) is 7.39. The molecule has 0 aromatic carbocycles. The van der Waals surface area contributed by atoms with Crippen molar-refractivity contribution < 1.29 is 4.79 Å². The Balaban J connectivity index is 2.51. The third kappa shape index (κ3) is 5.23. The van der Waals surface area contributed by atoms with Crippen molar-refractivity contribution in [2.24, 2.45) is 5.92 Å². The zero-order valence-corrected chi connectivity index (χ0v) is 13.6. The first-order chi connectivity index (χ1) is 8.81. The maximum atomic E-state index is 11.8. The highest BCUT2D eigenvalue weighted by molar-refractivity contribution is 5.80. The van der Waals surface area contributed by atoms with Gasteiger partial charge in [-0.05, 0) is 26.7 Å². The van der Waals surface area contributed by atoms with Gasteiger partial charge in [-0.1, -0.05) is 27.7 Å². The number of ketones is 1. The molecule has 112 valence electrons. The van der Waals surface area contributed by atoms with Crippen molar-refractivity contribution in [2.45, 2.75) is 85.0 Å². The molecule has 1 aliphatic heterocycles. The van der Waals surface area contributed by atoms with Gasteiger partial charge in [-0.25, -0.2) is 0 Å². The minimum Gasteiger partial charge on any atom is -0.310 e. The van der Waals surface area contributed by atoms with E-state index in [1.165, 1.54) is 6.42 Å². The van der Waals surface area contributed by atoms with E-state index in [1.54, 1.807) is 0 Å². The van der Waals surface area contributed by atoms with Crippen LogP contribution in [0.15, 0.2) is 0 Å². The van der Waals surface area contributed by atoms with Crippen LogP contribution in [-0.2, 0) is 4.79 Å². The van der Waals surface area contributed by atoms with E-state index in [9.17, 15) is 4.79 Å². The number of hydrogen-bond donors (Lipinski definition) is 1. The fourth-order valence-corrected chi connectivity index (χ4v) is 3.05. The fourth-order valence-electron chi connectivity index (χ4n) is 3.05. The molecule has 3 nitrogen and oxygen atoms in total. The third-order valence-electron chi connectivity index (χ3n) is 4.06. The molecule has 1 N–H and O–H groups in total. The van der Waals surface area contributed by atoms with Crippen LogP contribution >= 0.6 is 0 Å². The quantitative estimate of drug-likeness (QED) is 0.770. The summed E-state index contributed by atoms with van der Waals surface area (Å²) in [6.45, 7) is 14.0. The molecule has 3 heteroatoms. The molecular formula is C16H32N2O. The van der Waals surface area contributed by atoms with Crippen LogP contribution in [0.2, 0.25) is 0 Å². The van der Waals surface area contributed by atoms with E-state index >= 15 is 0 Å². The summed E-state index contributed by atoms with van der Waals surface area (Å²) in [7, 11) is 0. The lowest BCUT2D eigenvalue weighted by atomic mass is 9.99. The first kappa shape index (κ1) is 16.6. The average Bonchev–Trinajstić information content (AvgIpc) is 2.67. The minimum absolute atomic E-state index is 0.179. The summed E-state index contributed by atoms with van der Waals surface area (Å²) in [4.78, 5) is 14.4. The molecule has 0 aromatic heterocycles. The van der Waals surface area contributed by atoms with E-state index in [0.717, 1.165) is 19.4 Å². The normalized spacial score (nSPS) is 24.9. The van der Waals surface area contributed by atoms with Gasteiger partial charge in [0.15, 0.2) is 0 Å². The minimum atomic E-state index is 0.179. The Kier molecular flexibility index (Phi) is 6.48. The lowest BCUT2D eigenvalue weighted by Crippen LogP contribution is -2.39. The van der Waals surface area contributed by atoms with Crippen molar-refractivity contribution in [3.05, 3.63) is 0 Å². The van der Waals surface area contributed by atoms with Crippen LogP contribution in [0.4, 0.5) is 0 Å². The maximum Gasteiger partial charge on any atom is 0.135 e. The highest BCUT2D eigenvalue weighted by atomic mass is 16.1. The van der Waals surface area contributed by atoms with Crippen molar-refractivity contribution in [1.29, 1.82) is 0 Å². The summed E-state index contributed by atoms with van der Waals surface area (Å²) in [6.07, 6.45) is 2.94. The summed E-state index contributed by atoms with van der Waals surface area (Å²) >= 11 is 0. The highest BCUT2D eigenvalue weighted by Gasteiger charge is 2.33. The molecule has 1 saturated heterocycles. The van der Waals surface area contributed by atoms with Crippen LogP contribution in [0.5, 0.6) is 0 Å². The second-order valence-electron chi connectivity index (χ2n) is 6.86. The first-order valence-corrected chi connectivity index (χ1v) is 7.85. The topological polar surface area (TPSA) is 32.3 Å². The van der Waals surface area contributed by atoms with Crippen LogP contribution in [0.3, 0.4) is 0 Å². The zero-order chi connectivity index (χ0) is 14.6. The molecule has 0 bridgehead atoms. The molecule has 1 fully saturated rings. The molecule has 0 radical (unpaired) electrons. The van der Waals surface area contributed by atoms with E-state index in [-0.39, 0.29) is 5.92 Å². The lowest BCUT2D eigenvalue weighted by Gasteiger charge is -2.28. The number of nitrogens with one attached hydrogen (secondary N) is 1. The Hall–Kier alpha value is -0.410. The van der Waals surface area contributed by atoms with Crippen LogP contribution < -0.4 is 5.32 Å². The summed E-state index contributed by atoms with van der Waals surface area (Å²) < 4.78 is 0. The molecule has 1 heterocycles. The van der Waals surface area contributed by atoms with Gasteiger partial charge in [-0.15, -0.1) is 0 Å². The summed E-state index contributed by atoms with van der Waals surface area (Å²) in [5.41, 5.74) is 0. The van der Waals surface area contributed by atoms with E-state index < -0.39 is 0 Å². The molecule has 1 rings (SSSR count). The largest absolute Gasteiger partial charge is 0.310 e. The molecule has 0 amide bonds. The molecule has 19 heavy (non-hydrogen) atoms. The predicted molar refractivity (Wildman–Crippen MR) is 81.4 cm³/mol. The van der Waals surface area contributed by atoms with E-state index in [2.05, 4.69) is 37.9 Å². The van der Waals surface area contributed by atoms with Gasteiger partial charge >= 0.3 is 0 Å². The highest BCUT2D eigenvalue weighted by Crippen LogP contribution is 2.25. The van der Waals surface area contributed by atoms with Gasteiger partial charge in [0.1, 0.15) is 5.78 Å². The Morgan fingerprint density at radius 3 is 2.32 bits per heavy atom. The molecule has 0 spiro atoms. The average molecular weight is 268 g/mol. The third-order valence-corrected chi connectivity index (χ3v) is 4.06. The maximum absolute atomic E-state index is 11.8. The van der Waals surface area contributed by atoms with Crippen LogP contribution in [-0.4, -0.2) is 41.4 Å². The molecule has 0 aliphatic carbocycles. The number of rotatable bonds is 7. The monoisotopic (exact) mass is 268 g/mol. The summed E-state index contributed by atoms with van der Waals surface area (Å²) in [6, 6.07) is 2.26. The number of carbonyl (C=O) groups excluding carboxylic acids is 1. The van der Waals surface area contributed by atoms with Crippen molar-refractivity contribution in [1.82, 2.24) is 10.2 Å². The molecule has 0 unspecified atom stereocenters. The van der Waals surface area contributed by atoms with Crippen LogP contribution in [0.1, 0.15) is 60.8 Å². The Morgan fingerprint density at radius 2 is 1.84 bits per heavy atom. The van der Waals surface area contributed by atoms with E-state index in [0.29, 0.717) is 30.0 Å². The Morgan fingerprint density at radius 1 is 1.21 bits per heavy atom. The van der Waals surface area contributed by atoms with Crippen LogP contribution in [0, 0.1) is 5.92 Å². The Bertz CT molecular complexity index is 286. The van der Waals surface area contributed by atoms with E-state index in [1.807, 2.05) is 13.8 Å². The number of Topliss-reactive ketones (excluding diaryl/α,β-unsaturated/α-hetero) is 1. The van der Waals surface area contributed by atoms with Gasteiger partial charge in [0.25, 0.3) is 0 Å². The van der Waals surface area contributed by atoms with Gasteiger partial charge in [0, 0.05) is 43.1 Å². The Labute approximate surface area is 119 Å². The SMILES string of the molecule is CC(C)N[C@@H]1C[C@H](CCC(=O)C(C)C)N(C(C)C)C1. The van der Waals surface area contributed by atoms with Gasteiger partial charge in [-0.3, -0.25) is 9.69 Å². The number of carbonyl (C=O) groups is 1. The number of hydrogen-bond acceptors (Lipinski definition) is 3. The van der Waals surface area contributed by atoms with Crippen LogP contribution in [0.25, 0.3) is 0 Å². The standard InChI is InChI=1S/C16H32N2O/c1-11(2)16(19)8-7-15-9-14(17-12(3)4)10-18(15)13(5)6/h11-15,17H,7-10H2,1-6H3/t14-,15+/m1/s1. The van der Waals surface area contributed by atoms with Gasteiger partial charge < -0.3 is 5.32 Å². The van der Waals surface area contributed by atoms with Crippen molar-refractivity contribution in [2.75, 3.05) is 6.54 Å². The molecule has 0 aromatic rings. The van der Waals surface area contributed by atoms with Gasteiger partial charge in [0.05, 0.1) is 0 Å². The van der Waals surface area contributed by atoms with Crippen molar-refractivity contribution >= 4 is 5.78 Å².